The molecule has 0 unspecified atom stereocenters. The zero-order valence-electron chi connectivity index (χ0n) is 11.9. The van der Waals surface area contributed by atoms with Crippen LogP contribution in [-0.2, 0) is 11.3 Å². The number of amides is 1. The van der Waals surface area contributed by atoms with Crippen molar-refractivity contribution in [3.63, 3.8) is 0 Å². The highest BCUT2D eigenvalue weighted by Gasteiger charge is 2.23. The van der Waals surface area contributed by atoms with Crippen LogP contribution in [-0.4, -0.2) is 37.5 Å². The Bertz CT molecular complexity index is 486. The first-order valence-electron chi connectivity index (χ1n) is 6.09. The summed E-state index contributed by atoms with van der Waals surface area (Å²) in [5.41, 5.74) is 0.0146. The Labute approximate surface area is 112 Å². The van der Waals surface area contributed by atoms with Crippen molar-refractivity contribution in [1.29, 1.82) is 0 Å². The fraction of sp³-hybridized carbons (Fsp3) is 0.667. The Balaban J connectivity index is 2.96. The highest BCUT2D eigenvalue weighted by atomic mass is 16.4. The first-order chi connectivity index (χ1) is 8.61. The molecule has 7 heteroatoms. The van der Waals surface area contributed by atoms with E-state index < -0.39 is 5.97 Å². The van der Waals surface area contributed by atoms with Crippen LogP contribution in [0.3, 0.4) is 0 Å². The second-order valence-electron chi connectivity index (χ2n) is 5.74. The Morgan fingerprint density at radius 1 is 1.37 bits per heavy atom. The van der Waals surface area contributed by atoms with Gasteiger partial charge in [-0.05, 0) is 26.7 Å². The molecule has 2 N–H and O–H groups in total. The van der Waals surface area contributed by atoms with Crippen LogP contribution in [0.2, 0.25) is 0 Å². The van der Waals surface area contributed by atoms with Gasteiger partial charge in [-0.3, -0.25) is 4.79 Å². The van der Waals surface area contributed by atoms with Crippen LogP contribution in [0, 0.1) is 0 Å². The van der Waals surface area contributed by atoms with Gasteiger partial charge in [0.05, 0.1) is 5.69 Å². The summed E-state index contributed by atoms with van der Waals surface area (Å²) in [4.78, 5) is 22.9. The summed E-state index contributed by atoms with van der Waals surface area (Å²) in [5.74, 6) is -1.44. The molecule has 0 atom stereocenters. The number of aromatic carboxylic acids is 1. The maximum Gasteiger partial charge on any atom is 0.358 e. The summed E-state index contributed by atoms with van der Waals surface area (Å²) < 4.78 is 1.34. The van der Waals surface area contributed by atoms with E-state index in [1.165, 1.54) is 4.68 Å². The molecule has 0 saturated heterocycles. The van der Waals surface area contributed by atoms with E-state index in [0.29, 0.717) is 5.69 Å². The van der Waals surface area contributed by atoms with Gasteiger partial charge in [0.2, 0.25) is 5.91 Å². The van der Waals surface area contributed by atoms with Crippen LogP contribution < -0.4 is 5.32 Å². The number of carbonyl (C=O) groups is 2. The zero-order valence-corrected chi connectivity index (χ0v) is 11.9. The molecule has 1 rings (SSSR count). The minimum Gasteiger partial charge on any atom is -0.476 e. The third-order valence-corrected chi connectivity index (χ3v) is 2.33. The van der Waals surface area contributed by atoms with E-state index in [9.17, 15) is 9.59 Å². The molecule has 1 heterocycles. The highest BCUT2D eigenvalue weighted by molar-refractivity contribution is 5.87. The number of aromatic nitrogens is 3. The lowest BCUT2D eigenvalue weighted by atomic mass is 10.1. The second-order valence-corrected chi connectivity index (χ2v) is 5.74. The molecule has 0 aromatic carbocycles. The fourth-order valence-electron chi connectivity index (χ4n) is 1.75. The average Bonchev–Trinajstić information content (AvgIpc) is 2.57. The van der Waals surface area contributed by atoms with E-state index in [1.54, 1.807) is 0 Å². The van der Waals surface area contributed by atoms with E-state index in [2.05, 4.69) is 15.6 Å². The van der Waals surface area contributed by atoms with Crippen LogP contribution >= 0.6 is 0 Å². The number of hydrogen-bond donors (Lipinski definition) is 2. The van der Waals surface area contributed by atoms with Crippen LogP contribution in [0.25, 0.3) is 0 Å². The van der Waals surface area contributed by atoms with Crippen molar-refractivity contribution < 1.29 is 14.7 Å². The zero-order chi connectivity index (χ0) is 14.8. The summed E-state index contributed by atoms with van der Waals surface area (Å²) in [6, 6.07) is 0. The van der Waals surface area contributed by atoms with E-state index in [1.807, 2.05) is 34.6 Å². The van der Waals surface area contributed by atoms with Gasteiger partial charge >= 0.3 is 5.97 Å². The molecule has 1 aromatic rings. The number of carbonyl (C=O) groups excluding carboxylic acids is 1. The SMILES string of the molecule is CC(C)c1c(C(=O)O)nnn1CC(=O)NC(C)(C)C. The Hall–Kier alpha value is -1.92. The Morgan fingerprint density at radius 2 is 1.95 bits per heavy atom. The molecule has 7 nitrogen and oxygen atoms in total. The third-order valence-electron chi connectivity index (χ3n) is 2.33. The van der Waals surface area contributed by atoms with Crippen LogP contribution in [0.4, 0.5) is 0 Å². The van der Waals surface area contributed by atoms with E-state index >= 15 is 0 Å². The normalized spacial score (nSPS) is 11.7. The van der Waals surface area contributed by atoms with Crippen molar-refractivity contribution in [2.24, 2.45) is 0 Å². The molecular weight excluding hydrogens is 248 g/mol. The van der Waals surface area contributed by atoms with Crippen molar-refractivity contribution in [1.82, 2.24) is 20.3 Å². The maximum atomic E-state index is 11.8. The van der Waals surface area contributed by atoms with Gasteiger partial charge in [-0.2, -0.15) is 0 Å². The first kappa shape index (κ1) is 15.1. The highest BCUT2D eigenvalue weighted by Crippen LogP contribution is 2.17. The molecule has 19 heavy (non-hydrogen) atoms. The summed E-state index contributed by atoms with van der Waals surface area (Å²) >= 11 is 0. The van der Waals surface area contributed by atoms with Gasteiger partial charge in [0.1, 0.15) is 6.54 Å². The van der Waals surface area contributed by atoms with Crippen molar-refractivity contribution >= 4 is 11.9 Å². The smallest absolute Gasteiger partial charge is 0.358 e. The van der Waals surface area contributed by atoms with Crippen molar-refractivity contribution in [3.8, 4) is 0 Å². The Kier molecular flexibility index (Phi) is 4.28. The van der Waals surface area contributed by atoms with Crippen molar-refractivity contribution in [2.75, 3.05) is 0 Å². The van der Waals surface area contributed by atoms with E-state index in [-0.39, 0.29) is 29.6 Å². The minimum absolute atomic E-state index is 0.0366. The molecule has 0 spiro atoms. The maximum absolute atomic E-state index is 11.8. The standard InChI is InChI=1S/C12H20N4O3/c1-7(2)10-9(11(18)19)14-15-16(10)6-8(17)13-12(3,4)5/h7H,6H2,1-5H3,(H,13,17)(H,18,19). The number of nitrogens with one attached hydrogen (secondary N) is 1. The first-order valence-corrected chi connectivity index (χ1v) is 6.09. The largest absolute Gasteiger partial charge is 0.476 e. The van der Waals surface area contributed by atoms with E-state index in [4.69, 9.17) is 5.11 Å². The summed E-state index contributed by atoms with van der Waals surface area (Å²) in [5, 5.41) is 19.2. The number of carboxylic acid groups (broad SMARTS) is 1. The number of carboxylic acids is 1. The number of rotatable bonds is 4. The van der Waals surface area contributed by atoms with Gasteiger partial charge < -0.3 is 10.4 Å². The predicted octanol–water partition coefficient (Wildman–Crippen LogP) is 1.01. The van der Waals surface area contributed by atoms with Gasteiger partial charge in [-0.1, -0.05) is 19.1 Å². The number of hydrogen-bond acceptors (Lipinski definition) is 4. The van der Waals surface area contributed by atoms with Crippen LogP contribution in [0.15, 0.2) is 0 Å². The van der Waals surface area contributed by atoms with Crippen molar-refractivity contribution in [2.45, 2.75) is 52.6 Å². The Morgan fingerprint density at radius 3 is 2.37 bits per heavy atom. The molecular formula is C12H20N4O3. The molecule has 0 aliphatic carbocycles. The lowest BCUT2D eigenvalue weighted by Crippen LogP contribution is -2.42. The summed E-state index contributed by atoms with van der Waals surface area (Å²) in [6.07, 6.45) is 0. The monoisotopic (exact) mass is 268 g/mol. The molecule has 0 aliphatic heterocycles. The topological polar surface area (TPSA) is 97.1 Å². The second kappa shape index (κ2) is 5.38. The van der Waals surface area contributed by atoms with Gasteiger partial charge in [0.25, 0.3) is 0 Å². The minimum atomic E-state index is -1.13. The average molecular weight is 268 g/mol. The van der Waals surface area contributed by atoms with Gasteiger partial charge in [-0.15, -0.1) is 5.10 Å². The lowest BCUT2D eigenvalue weighted by Gasteiger charge is -2.20. The summed E-state index contributed by atoms with van der Waals surface area (Å²) in [6.45, 7) is 9.26. The molecule has 106 valence electrons. The van der Waals surface area contributed by atoms with Gasteiger partial charge in [-0.25, -0.2) is 9.48 Å². The summed E-state index contributed by atoms with van der Waals surface area (Å²) in [7, 11) is 0. The third kappa shape index (κ3) is 4.04. The molecule has 1 amide bonds. The molecule has 0 saturated carbocycles. The van der Waals surface area contributed by atoms with Crippen LogP contribution in [0.5, 0.6) is 0 Å². The molecule has 0 fully saturated rings. The molecule has 0 radical (unpaired) electrons. The molecule has 0 bridgehead atoms. The van der Waals surface area contributed by atoms with Crippen LogP contribution in [0.1, 0.15) is 56.7 Å². The fourth-order valence-corrected chi connectivity index (χ4v) is 1.75. The van der Waals surface area contributed by atoms with Gasteiger partial charge in [0, 0.05) is 5.54 Å². The van der Waals surface area contributed by atoms with E-state index in [0.717, 1.165) is 0 Å². The van der Waals surface area contributed by atoms with Gasteiger partial charge in [0.15, 0.2) is 5.69 Å². The molecule has 1 aromatic heterocycles. The molecule has 0 aliphatic rings. The predicted molar refractivity (Wildman–Crippen MR) is 69.0 cm³/mol. The quantitative estimate of drug-likeness (QED) is 0.849. The number of nitrogens with zero attached hydrogens (tertiary/aromatic N) is 3. The van der Waals surface area contributed by atoms with Crippen molar-refractivity contribution in [3.05, 3.63) is 11.4 Å². The lowest BCUT2D eigenvalue weighted by molar-refractivity contribution is -0.123.